The Balaban J connectivity index is 1.83. The Morgan fingerprint density at radius 3 is 2.78 bits per heavy atom. The molecule has 18 heavy (non-hydrogen) atoms. The van der Waals surface area contributed by atoms with Crippen LogP contribution in [0, 0.1) is 0 Å². The second kappa shape index (κ2) is 4.69. The van der Waals surface area contributed by atoms with Gasteiger partial charge in [-0.2, -0.15) is 0 Å². The fourth-order valence-corrected chi connectivity index (χ4v) is 2.36. The summed E-state index contributed by atoms with van der Waals surface area (Å²) in [6, 6.07) is 10.1. The number of hydrogen-bond donors (Lipinski definition) is 1. The summed E-state index contributed by atoms with van der Waals surface area (Å²) in [6.07, 6.45) is 5.38. The van der Waals surface area contributed by atoms with Gasteiger partial charge in [-0.1, -0.05) is 6.07 Å². The quantitative estimate of drug-likeness (QED) is 0.892. The maximum absolute atomic E-state index is 5.87. The number of hydrogen-bond acceptors (Lipinski definition) is 3. The Bertz CT molecular complexity index is 566. The van der Waals surface area contributed by atoms with Gasteiger partial charge in [0.25, 0.3) is 0 Å². The first-order valence-corrected chi connectivity index (χ1v) is 6.28. The molecule has 3 nitrogen and oxygen atoms in total. The summed E-state index contributed by atoms with van der Waals surface area (Å²) in [5.41, 5.74) is 2.89. The molecule has 1 aromatic heterocycles. The van der Waals surface area contributed by atoms with Crippen LogP contribution in [0.5, 0.6) is 11.5 Å². The molecule has 0 atom stereocenters. The van der Waals surface area contributed by atoms with Crippen molar-refractivity contribution in [1.82, 2.24) is 4.98 Å². The fourth-order valence-electron chi connectivity index (χ4n) is 2.36. The van der Waals surface area contributed by atoms with Crippen LogP contribution in [0.1, 0.15) is 17.5 Å². The van der Waals surface area contributed by atoms with Crippen LogP contribution < -0.4 is 10.1 Å². The van der Waals surface area contributed by atoms with Gasteiger partial charge in [0, 0.05) is 19.3 Å². The van der Waals surface area contributed by atoms with E-state index in [1.807, 2.05) is 25.2 Å². The van der Waals surface area contributed by atoms with Crippen LogP contribution in [0.3, 0.4) is 0 Å². The molecule has 1 N–H and O–H groups in total. The van der Waals surface area contributed by atoms with E-state index >= 15 is 0 Å². The molecular weight excluding hydrogens is 224 g/mol. The highest BCUT2D eigenvalue weighted by Gasteiger charge is 2.11. The minimum absolute atomic E-state index is 0.812. The SMILES string of the molecule is CNc1cc(Oc2ccc3c(c2)CCC3)ccn1. The molecule has 0 amide bonds. The van der Waals surface area contributed by atoms with Gasteiger partial charge in [0.05, 0.1) is 0 Å². The van der Waals surface area contributed by atoms with Crippen molar-refractivity contribution in [3.05, 3.63) is 47.7 Å². The van der Waals surface area contributed by atoms with E-state index in [1.54, 1.807) is 6.20 Å². The Labute approximate surface area is 107 Å². The number of rotatable bonds is 3. The Hall–Kier alpha value is -2.03. The molecule has 3 rings (SSSR count). The van der Waals surface area contributed by atoms with Crippen LogP contribution in [0.15, 0.2) is 36.5 Å². The fraction of sp³-hybridized carbons (Fsp3) is 0.267. The van der Waals surface area contributed by atoms with Crippen LogP contribution in [0.2, 0.25) is 0 Å². The summed E-state index contributed by atoms with van der Waals surface area (Å²) in [7, 11) is 1.85. The van der Waals surface area contributed by atoms with Crippen molar-refractivity contribution < 1.29 is 4.74 Å². The molecule has 0 saturated heterocycles. The predicted octanol–water partition coefficient (Wildman–Crippen LogP) is 3.40. The normalized spacial score (nSPS) is 13.2. The van der Waals surface area contributed by atoms with Gasteiger partial charge in [-0.15, -0.1) is 0 Å². The second-order valence-electron chi connectivity index (χ2n) is 4.51. The number of nitrogens with one attached hydrogen (secondary N) is 1. The summed E-state index contributed by atoms with van der Waals surface area (Å²) in [6.45, 7) is 0. The lowest BCUT2D eigenvalue weighted by atomic mass is 10.1. The first-order valence-electron chi connectivity index (χ1n) is 6.28. The topological polar surface area (TPSA) is 34.1 Å². The van der Waals surface area contributed by atoms with Crippen molar-refractivity contribution >= 4 is 5.82 Å². The number of ether oxygens (including phenoxy) is 1. The number of aryl methyl sites for hydroxylation is 2. The van der Waals surface area contributed by atoms with Crippen molar-refractivity contribution in [2.75, 3.05) is 12.4 Å². The minimum atomic E-state index is 0.812. The maximum Gasteiger partial charge on any atom is 0.132 e. The van der Waals surface area contributed by atoms with Crippen LogP contribution >= 0.6 is 0 Å². The summed E-state index contributed by atoms with van der Waals surface area (Å²) in [4.78, 5) is 4.17. The van der Waals surface area contributed by atoms with E-state index < -0.39 is 0 Å². The van der Waals surface area contributed by atoms with Crippen LogP contribution in [-0.4, -0.2) is 12.0 Å². The molecule has 92 valence electrons. The van der Waals surface area contributed by atoms with Gasteiger partial charge in [0.1, 0.15) is 17.3 Å². The maximum atomic E-state index is 5.87. The van der Waals surface area contributed by atoms with Crippen LogP contribution in [0.4, 0.5) is 5.82 Å². The van der Waals surface area contributed by atoms with Gasteiger partial charge in [-0.05, 0) is 48.6 Å². The van der Waals surface area contributed by atoms with E-state index in [0.717, 1.165) is 17.3 Å². The third kappa shape index (κ3) is 2.16. The van der Waals surface area contributed by atoms with Crippen molar-refractivity contribution in [1.29, 1.82) is 0 Å². The standard InChI is InChI=1S/C15H16N2O/c1-16-15-10-14(7-8-17-15)18-13-6-5-11-3-2-4-12(11)9-13/h5-10H,2-4H2,1H3,(H,16,17). The minimum Gasteiger partial charge on any atom is -0.457 e. The van der Waals surface area contributed by atoms with E-state index in [9.17, 15) is 0 Å². The number of anilines is 1. The summed E-state index contributed by atoms with van der Waals surface area (Å²) in [5, 5.41) is 3.00. The van der Waals surface area contributed by atoms with Gasteiger partial charge < -0.3 is 10.1 Å². The molecular formula is C15H16N2O. The molecule has 0 saturated carbocycles. The van der Waals surface area contributed by atoms with E-state index in [0.29, 0.717) is 0 Å². The molecule has 1 aliphatic carbocycles. The van der Waals surface area contributed by atoms with E-state index in [2.05, 4.69) is 22.4 Å². The predicted molar refractivity (Wildman–Crippen MR) is 72.3 cm³/mol. The lowest BCUT2D eigenvalue weighted by molar-refractivity contribution is 0.481. The van der Waals surface area contributed by atoms with Crippen molar-refractivity contribution in [3.8, 4) is 11.5 Å². The molecule has 0 aliphatic heterocycles. The monoisotopic (exact) mass is 240 g/mol. The second-order valence-corrected chi connectivity index (χ2v) is 4.51. The first-order chi connectivity index (χ1) is 8.85. The lowest BCUT2D eigenvalue weighted by Crippen LogP contribution is -1.93. The van der Waals surface area contributed by atoms with Gasteiger partial charge >= 0.3 is 0 Å². The zero-order valence-corrected chi connectivity index (χ0v) is 10.4. The molecule has 3 heteroatoms. The smallest absolute Gasteiger partial charge is 0.132 e. The molecule has 2 aromatic rings. The molecule has 1 aliphatic rings. The number of nitrogens with zero attached hydrogens (tertiary/aromatic N) is 1. The number of aromatic nitrogens is 1. The van der Waals surface area contributed by atoms with Gasteiger partial charge in [-0.25, -0.2) is 4.98 Å². The zero-order valence-electron chi connectivity index (χ0n) is 10.4. The van der Waals surface area contributed by atoms with Gasteiger partial charge in [0.15, 0.2) is 0 Å². The van der Waals surface area contributed by atoms with E-state index in [1.165, 1.54) is 30.4 Å². The zero-order chi connectivity index (χ0) is 12.4. The molecule has 1 heterocycles. The Morgan fingerprint density at radius 1 is 1.06 bits per heavy atom. The molecule has 0 bridgehead atoms. The highest BCUT2D eigenvalue weighted by molar-refractivity contribution is 5.44. The summed E-state index contributed by atoms with van der Waals surface area (Å²) < 4.78 is 5.87. The number of fused-ring (bicyclic) bond motifs is 1. The molecule has 1 aromatic carbocycles. The highest BCUT2D eigenvalue weighted by atomic mass is 16.5. The van der Waals surface area contributed by atoms with E-state index in [-0.39, 0.29) is 0 Å². The summed E-state index contributed by atoms with van der Waals surface area (Å²) >= 11 is 0. The lowest BCUT2D eigenvalue weighted by Gasteiger charge is -2.08. The molecule has 0 radical (unpaired) electrons. The Kier molecular flexibility index (Phi) is 2.89. The van der Waals surface area contributed by atoms with Crippen molar-refractivity contribution in [2.45, 2.75) is 19.3 Å². The van der Waals surface area contributed by atoms with Crippen LogP contribution in [-0.2, 0) is 12.8 Å². The average Bonchev–Trinajstić information content (AvgIpc) is 2.86. The third-order valence-electron chi connectivity index (χ3n) is 3.29. The molecule has 0 spiro atoms. The van der Waals surface area contributed by atoms with Crippen LogP contribution in [0.25, 0.3) is 0 Å². The average molecular weight is 240 g/mol. The Morgan fingerprint density at radius 2 is 1.89 bits per heavy atom. The number of pyridine rings is 1. The van der Waals surface area contributed by atoms with Gasteiger partial charge in [0.2, 0.25) is 0 Å². The third-order valence-corrected chi connectivity index (χ3v) is 3.29. The van der Waals surface area contributed by atoms with Crippen molar-refractivity contribution in [3.63, 3.8) is 0 Å². The largest absolute Gasteiger partial charge is 0.457 e. The summed E-state index contributed by atoms with van der Waals surface area (Å²) in [5.74, 6) is 2.53. The molecule has 0 unspecified atom stereocenters. The van der Waals surface area contributed by atoms with Crippen molar-refractivity contribution in [2.24, 2.45) is 0 Å². The van der Waals surface area contributed by atoms with E-state index in [4.69, 9.17) is 4.74 Å². The highest BCUT2D eigenvalue weighted by Crippen LogP contribution is 2.29. The molecule has 0 fully saturated rings. The number of benzene rings is 1. The first kappa shape index (κ1) is 11.1. The van der Waals surface area contributed by atoms with Gasteiger partial charge in [-0.3, -0.25) is 0 Å².